The summed E-state index contributed by atoms with van der Waals surface area (Å²) in [4.78, 5) is 150. The van der Waals surface area contributed by atoms with Crippen molar-refractivity contribution in [3.8, 4) is 0 Å². The van der Waals surface area contributed by atoms with E-state index in [9.17, 15) is 57.5 Å². The van der Waals surface area contributed by atoms with Gasteiger partial charge in [0.25, 0.3) is 0 Å². The number of carbonyl (C=O) groups excluding carboxylic acids is 12. The third-order valence-corrected chi connectivity index (χ3v) is 28.2. The molecule has 640 valence electrons. The van der Waals surface area contributed by atoms with Gasteiger partial charge in [-0.3, -0.25) is 57.5 Å². The van der Waals surface area contributed by atoms with Gasteiger partial charge in [-0.2, -0.15) is 0 Å². The molecule has 16 fully saturated rings. The minimum atomic E-state index is -0.543. The fourth-order valence-corrected chi connectivity index (χ4v) is 21.6. The predicted molar refractivity (Wildman–Crippen MR) is 417 cm³/mol. The van der Waals surface area contributed by atoms with Crippen LogP contribution in [0, 0.1) is 118 Å². The van der Waals surface area contributed by atoms with Gasteiger partial charge >= 0.3 is 71.6 Å². The largest absolute Gasteiger partial charge is 0.462 e. The Morgan fingerprint density at radius 1 is 0.339 bits per heavy atom. The molecule has 0 aromatic rings. The van der Waals surface area contributed by atoms with E-state index in [2.05, 4.69) is 6.92 Å². The van der Waals surface area contributed by atoms with Gasteiger partial charge in [-0.25, -0.2) is 0 Å². The summed E-state index contributed by atoms with van der Waals surface area (Å²) in [5.74, 6) is -9.01. The Labute approximate surface area is 669 Å². The van der Waals surface area contributed by atoms with Crippen LogP contribution >= 0.6 is 0 Å². The molecule has 112 heavy (non-hydrogen) atoms. The van der Waals surface area contributed by atoms with Crippen molar-refractivity contribution < 1.29 is 114 Å². The van der Waals surface area contributed by atoms with E-state index < -0.39 is 89.6 Å². The first-order chi connectivity index (χ1) is 49.8. The van der Waals surface area contributed by atoms with Crippen LogP contribution in [0.3, 0.4) is 0 Å². The maximum absolute atomic E-state index is 13.1. The summed E-state index contributed by atoms with van der Waals surface area (Å²) in [5, 5.41) is 0. The Hall–Kier alpha value is -6.36. The highest BCUT2D eigenvalue weighted by atomic mass is 16.6. The second kappa shape index (κ2) is 39.1. The first-order valence-corrected chi connectivity index (χ1v) is 40.3. The average molecular weight is 1590 g/mol. The maximum Gasteiger partial charge on any atom is 0.310 e. The Bertz CT molecular complexity index is 3280. The molecule has 0 aromatic heterocycles. The van der Waals surface area contributed by atoms with Crippen molar-refractivity contribution in [2.75, 3.05) is 0 Å². The second-order valence-electron chi connectivity index (χ2n) is 34.2. The molecule has 24 heteroatoms. The van der Waals surface area contributed by atoms with E-state index >= 15 is 0 Å². The molecule has 24 nitrogen and oxygen atoms in total. The summed E-state index contributed by atoms with van der Waals surface area (Å²) in [6.45, 7) is 19.1. The number of hydrogen-bond donors (Lipinski definition) is 0. The molecule has 28 atom stereocenters. The van der Waals surface area contributed by atoms with Gasteiger partial charge in [0, 0.05) is 47.3 Å². The van der Waals surface area contributed by atoms with Gasteiger partial charge in [-0.05, 0) is 167 Å². The monoisotopic (exact) mass is 1590 g/mol. The fraction of sp³-hybridized carbons (Fsp3) is 0.864. The molecule has 0 aromatic carbocycles. The van der Waals surface area contributed by atoms with Crippen LogP contribution in [0.5, 0.6) is 0 Å². The molecule has 0 radical (unpaired) electrons. The van der Waals surface area contributed by atoms with Crippen molar-refractivity contribution >= 4 is 71.6 Å². The molecular formula is C88H144O24. The van der Waals surface area contributed by atoms with Crippen molar-refractivity contribution in [2.24, 2.45) is 118 Å². The van der Waals surface area contributed by atoms with Gasteiger partial charge in [0.2, 0.25) is 0 Å². The molecule has 4 saturated heterocycles. The van der Waals surface area contributed by atoms with E-state index in [0.29, 0.717) is 51.4 Å². The molecule has 12 aliphatic carbocycles. The topological polar surface area (TPSA) is 316 Å². The normalized spacial score (nSPS) is 37.0. The van der Waals surface area contributed by atoms with Gasteiger partial charge in [0.15, 0.2) is 0 Å². The molecule has 16 aliphatic rings. The van der Waals surface area contributed by atoms with Gasteiger partial charge in [-0.15, -0.1) is 0 Å². The quantitative estimate of drug-likeness (QED) is 0.0761. The van der Waals surface area contributed by atoms with Gasteiger partial charge in [0.05, 0.1) is 71.0 Å². The van der Waals surface area contributed by atoms with Gasteiger partial charge in [-0.1, -0.05) is 128 Å². The summed E-state index contributed by atoms with van der Waals surface area (Å²) >= 11 is 0. The lowest BCUT2D eigenvalue weighted by molar-refractivity contribution is -0.176. The van der Waals surface area contributed by atoms with Crippen LogP contribution < -0.4 is 0 Å². The lowest BCUT2D eigenvalue weighted by atomic mass is 9.78. The molecule has 28 unspecified atom stereocenters. The Morgan fingerprint density at radius 3 is 0.857 bits per heavy atom. The molecule has 0 N–H and O–H groups in total. The van der Waals surface area contributed by atoms with Crippen LogP contribution in [0.4, 0.5) is 0 Å². The third kappa shape index (κ3) is 17.8. The Kier molecular flexibility index (Phi) is 33.6. The fourth-order valence-electron chi connectivity index (χ4n) is 21.6. The zero-order valence-electron chi connectivity index (χ0n) is 62.5. The number of hydrogen-bond acceptors (Lipinski definition) is 24. The van der Waals surface area contributed by atoms with E-state index in [1.165, 1.54) is 6.42 Å². The zero-order valence-corrected chi connectivity index (χ0v) is 62.5. The van der Waals surface area contributed by atoms with Crippen molar-refractivity contribution in [2.45, 2.75) is 368 Å². The molecule has 8 bridgehead atoms. The predicted octanol–water partition coefficient (Wildman–Crippen LogP) is 15.6. The third-order valence-electron chi connectivity index (χ3n) is 28.2. The van der Waals surface area contributed by atoms with Crippen molar-refractivity contribution in [1.82, 2.24) is 0 Å². The van der Waals surface area contributed by atoms with Gasteiger partial charge < -0.3 is 56.8 Å². The smallest absolute Gasteiger partial charge is 0.310 e. The minimum Gasteiger partial charge on any atom is -0.462 e. The molecule has 0 spiro atoms. The van der Waals surface area contributed by atoms with E-state index in [1.807, 2.05) is 62.3 Å². The van der Waals surface area contributed by atoms with E-state index in [-0.39, 0.29) is 232 Å². The van der Waals surface area contributed by atoms with Crippen LogP contribution in [-0.4, -0.2) is 144 Å². The summed E-state index contributed by atoms with van der Waals surface area (Å²) < 4.78 is 68.3. The van der Waals surface area contributed by atoms with E-state index in [1.54, 1.807) is 0 Å². The molecule has 12 saturated carbocycles. The molecular weight excluding hydrogens is 1440 g/mol. The summed E-state index contributed by atoms with van der Waals surface area (Å²) in [5.41, 5.74) is -0.812. The molecule has 4 aliphatic heterocycles. The Morgan fingerprint density at radius 2 is 0.589 bits per heavy atom. The van der Waals surface area contributed by atoms with Crippen molar-refractivity contribution in [1.29, 1.82) is 0 Å². The number of esters is 12. The summed E-state index contributed by atoms with van der Waals surface area (Å²) in [7, 11) is 0. The van der Waals surface area contributed by atoms with Crippen LogP contribution in [-0.2, 0) is 114 Å². The van der Waals surface area contributed by atoms with E-state index in [4.69, 9.17) is 56.8 Å². The average Bonchev–Trinajstić information content (AvgIpc) is 1.57. The van der Waals surface area contributed by atoms with Crippen LogP contribution in [0.25, 0.3) is 0 Å². The lowest BCUT2D eigenvalue weighted by Gasteiger charge is -2.34. The SMILES string of the molecule is C.C.C.C.C.C.C.C.CCC(C)C(=O)OC1C2CC3C1OC(=O)C3C2C(=O)OC1(C)CCCC1.CCC(C)C(=O)OC1C2CC3C1OC(=O)C3C2C(=O)OC1(CC)CCCC1.CCC(C)C(=O)OC1C2CC3C1OC(=O)C3C2C(=O)OC1CCCC1.CCC(C)C(=O)OC1C2CC3C1OC(=O)C3C2C(=O)OC1CCCCC1. The first-order valence-electron chi connectivity index (χ1n) is 40.3. The molecule has 16 rings (SSSR count). The van der Waals surface area contributed by atoms with Crippen molar-refractivity contribution in [3.63, 3.8) is 0 Å². The second-order valence-corrected chi connectivity index (χ2v) is 34.2. The standard InChI is InChI=1S/C21H30O6.2C20H28O6.C19H26O6.8CH4/c1-4-11(3)18(22)25-16-13-10-12-14(19(23)26-17(12)16)15(13)20(24)27-21(5-2)8-6-7-9-21;1-4-10(2)17(21)24-15-12-9-11-13(18(22)25-16(11)15)14(12)19(23)26-20(3)7-5-6-8-20;1-3-10(2)18(21)25-16-12-9-13-15(20(23)26-17(13)16)14(12)19(22)24-11-7-5-4-6-8-11;1-3-9(2)17(20)24-15-11-8-12-14(19(22)25-16(12)15)13(11)18(21)23-10-6-4-5-7-10;;;;;;;;/h11-17H,4-10H2,1-3H3;10-16H,4-9H2,1-3H3;10-17H,3-9H2,1-2H3;9-16H,3-8H2,1-2H3;8*1H4. The first kappa shape index (κ1) is 96.2. The van der Waals surface area contributed by atoms with Crippen LogP contribution in [0.2, 0.25) is 0 Å². The number of carbonyl (C=O) groups is 12. The summed E-state index contributed by atoms with van der Waals surface area (Å²) in [6.07, 6.45) is 19.6. The highest BCUT2D eigenvalue weighted by Crippen LogP contribution is 2.63. The zero-order chi connectivity index (χ0) is 74.1. The Balaban J connectivity index is 0.000000261. The number of ether oxygens (including phenoxy) is 12. The van der Waals surface area contributed by atoms with Crippen LogP contribution in [0.1, 0.15) is 296 Å². The highest BCUT2D eigenvalue weighted by molar-refractivity contribution is 5.89. The number of rotatable bonds is 21. The minimum absolute atomic E-state index is 0. The molecule has 4 heterocycles. The van der Waals surface area contributed by atoms with Gasteiger partial charge in [0.1, 0.15) is 72.2 Å². The number of fused-ring (bicyclic) bond motifs is 4. The van der Waals surface area contributed by atoms with E-state index in [0.717, 1.165) is 109 Å². The maximum atomic E-state index is 13.1. The van der Waals surface area contributed by atoms with Crippen LogP contribution in [0.15, 0.2) is 0 Å². The van der Waals surface area contributed by atoms with Crippen molar-refractivity contribution in [3.05, 3.63) is 0 Å². The highest BCUT2D eigenvalue weighted by Gasteiger charge is 2.74. The lowest BCUT2D eigenvalue weighted by Crippen LogP contribution is -2.46. The molecule has 0 amide bonds. The summed E-state index contributed by atoms with van der Waals surface area (Å²) in [6, 6.07) is 0.